The molecule has 1 aromatic rings. The van der Waals surface area contributed by atoms with E-state index in [0.717, 1.165) is 17.7 Å². The van der Waals surface area contributed by atoms with Gasteiger partial charge in [0, 0.05) is 11.1 Å². The summed E-state index contributed by atoms with van der Waals surface area (Å²) >= 11 is 0. The number of rotatable bonds is 7. The predicted molar refractivity (Wildman–Crippen MR) is 123 cm³/mol. The zero-order valence-corrected chi connectivity index (χ0v) is 19.4. The van der Waals surface area contributed by atoms with Crippen LogP contribution in [-0.2, 0) is 10.8 Å². The summed E-state index contributed by atoms with van der Waals surface area (Å²) < 4.78 is 6.29. The van der Waals surface area contributed by atoms with E-state index in [1.165, 1.54) is 22.3 Å². The third-order valence-electron chi connectivity index (χ3n) is 4.76. The maximum Gasteiger partial charge on any atom is 0.130 e. The second kappa shape index (κ2) is 10.1. The Labute approximate surface area is 173 Å². The van der Waals surface area contributed by atoms with E-state index in [1.54, 1.807) is 6.08 Å². The van der Waals surface area contributed by atoms with E-state index >= 15 is 0 Å². The molecule has 0 fully saturated rings. The van der Waals surface area contributed by atoms with Crippen molar-refractivity contribution in [1.29, 1.82) is 0 Å². The number of aliphatic hydroxyl groups excluding tert-OH is 1. The second-order valence-corrected chi connectivity index (χ2v) is 9.59. The van der Waals surface area contributed by atoms with Gasteiger partial charge in [-0.15, -0.1) is 0 Å². The van der Waals surface area contributed by atoms with Crippen LogP contribution in [0, 0.1) is 0 Å². The Morgan fingerprint density at radius 3 is 2.18 bits per heavy atom. The molecule has 1 N–H and O–H groups in total. The van der Waals surface area contributed by atoms with Crippen LogP contribution in [0.2, 0.25) is 0 Å². The summed E-state index contributed by atoms with van der Waals surface area (Å²) in [6.45, 7) is 20.6. The van der Waals surface area contributed by atoms with Crippen LogP contribution in [0.3, 0.4) is 0 Å². The van der Waals surface area contributed by atoms with Crippen molar-refractivity contribution in [2.75, 3.05) is 13.2 Å². The van der Waals surface area contributed by atoms with Gasteiger partial charge in [0.1, 0.15) is 5.75 Å². The minimum absolute atomic E-state index is 0.00431. The molecule has 0 bridgehead atoms. The van der Waals surface area contributed by atoms with Gasteiger partial charge in [-0.1, -0.05) is 84.4 Å². The van der Waals surface area contributed by atoms with Crippen molar-refractivity contribution in [3.63, 3.8) is 0 Å². The Morgan fingerprint density at radius 2 is 1.68 bits per heavy atom. The van der Waals surface area contributed by atoms with Crippen molar-refractivity contribution in [2.24, 2.45) is 0 Å². The zero-order valence-electron chi connectivity index (χ0n) is 19.4. The van der Waals surface area contributed by atoms with Gasteiger partial charge in [0.05, 0.1) is 13.2 Å². The molecule has 0 radical (unpaired) electrons. The van der Waals surface area contributed by atoms with E-state index in [-0.39, 0.29) is 17.4 Å². The quantitative estimate of drug-likeness (QED) is 0.514. The minimum atomic E-state index is -0.00431. The monoisotopic (exact) mass is 384 g/mol. The molecule has 0 aliphatic heterocycles. The molecule has 0 amide bonds. The van der Waals surface area contributed by atoms with Gasteiger partial charge >= 0.3 is 0 Å². The molecule has 2 nitrogen and oxygen atoms in total. The maximum absolute atomic E-state index is 9.01. The fraction of sp³-hybridized carbons (Fsp3) is 0.538. The van der Waals surface area contributed by atoms with E-state index in [2.05, 4.69) is 73.6 Å². The fourth-order valence-electron chi connectivity index (χ4n) is 2.92. The average molecular weight is 385 g/mol. The van der Waals surface area contributed by atoms with Crippen LogP contribution in [-0.4, -0.2) is 18.3 Å². The number of hydrogen-bond acceptors (Lipinski definition) is 2. The largest absolute Gasteiger partial charge is 0.493 e. The third-order valence-corrected chi connectivity index (χ3v) is 4.76. The van der Waals surface area contributed by atoms with Gasteiger partial charge in [0.2, 0.25) is 0 Å². The number of ether oxygens (including phenoxy) is 1. The molecule has 0 unspecified atom stereocenters. The molecular weight excluding hydrogens is 344 g/mol. The van der Waals surface area contributed by atoms with Crippen molar-refractivity contribution < 1.29 is 9.84 Å². The predicted octanol–water partition coefficient (Wildman–Crippen LogP) is 6.97. The summed E-state index contributed by atoms with van der Waals surface area (Å²) in [6, 6.07) is 4.61. The van der Waals surface area contributed by atoms with Gasteiger partial charge in [-0.2, -0.15) is 0 Å². The lowest BCUT2D eigenvalue weighted by Crippen LogP contribution is -2.19. The van der Waals surface area contributed by atoms with Crippen molar-refractivity contribution in [2.45, 2.75) is 79.6 Å². The number of benzene rings is 1. The van der Waals surface area contributed by atoms with Crippen molar-refractivity contribution in [1.82, 2.24) is 0 Å². The Hall–Kier alpha value is -1.80. The lowest BCUT2D eigenvalue weighted by atomic mass is 9.78. The Morgan fingerprint density at radius 1 is 1.04 bits per heavy atom. The summed E-state index contributed by atoms with van der Waals surface area (Å²) in [4.78, 5) is 0. The molecule has 1 rings (SSSR count). The van der Waals surface area contributed by atoms with Gasteiger partial charge in [-0.3, -0.25) is 0 Å². The standard InChI is InChI=1S/C26H40O2/c1-10-16-28-24-22(20(3)13-11-12-19(2)14-15-27)17-21(25(4,5)6)18-23(24)26(7,8)9/h11-14,17-18,27H,10,15-16H2,1-9H3/b12-11+,19-14+,20-13-. The smallest absolute Gasteiger partial charge is 0.130 e. The van der Waals surface area contributed by atoms with Gasteiger partial charge < -0.3 is 9.84 Å². The fourth-order valence-corrected chi connectivity index (χ4v) is 2.92. The number of hydrogen-bond donors (Lipinski definition) is 1. The van der Waals surface area contributed by atoms with Crippen LogP contribution in [0.25, 0.3) is 5.57 Å². The first-order valence-electron chi connectivity index (χ1n) is 10.4. The molecule has 0 atom stereocenters. The highest BCUT2D eigenvalue weighted by Crippen LogP contribution is 2.41. The van der Waals surface area contributed by atoms with Crippen molar-refractivity contribution in [3.8, 4) is 5.75 Å². The van der Waals surface area contributed by atoms with Crippen LogP contribution in [0.5, 0.6) is 5.75 Å². The van der Waals surface area contributed by atoms with Crippen LogP contribution in [0.15, 0.2) is 42.0 Å². The van der Waals surface area contributed by atoms with Gasteiger partial charge in [0.15, 0.2) is 0 Å². The Kier molecular flexibility index (Phi) is 8.75. The maximum atomic E-state index is 9.01. The molecule has 0 saturated heterocycles. The molecule has 156 valence electrons. The molecule has 0 heterocycles. The summed E-state index contributed by atoms with van der Waals surface area (Å²) in [5.41, 5.74) is 6.04. The second-order valence-electron chi connectivity index (χ2n) is 9.59. The zero-order chi connectivity index (χ0) is 21.5. The van der Waals surface area contributed by atoms with Crippen molar-refractivity contribution >= 4 is 5.57 Å². The molecule has 0 spiro atoms. The van der Waals surface area contributed by atoms with Crippen LogP contribution in [0.1, 0.15) is 85.4 Å². The molecule has 2 heteroatoms. The molecule has 0 aliphatic carbocycles. The normalized spacial score (nSPS) is 14.1. The minimum Gasteiger partial charge on any atom is -0.493 e. The third kappa shape index (κ3) is 6.98. The SMILES string of the molecule is CCCOc1c(\C(C)=C/C=C/C(C)=C/CO)cc(C(C)(C)C)cc1C(C)(C)C. The summed E-state index contributed by atoms with van der Waals surface area (Å²) in [5, 5.41) is 9.01. The van der Waals surface area contributed by atoms with Crippen LogP contribution >= 0.6 is 0 Å². The van der Waals surface area contributed by atoms with E-state index in [4.69, 9.17) is 9.84 Å². The van der Waals surface area contributed by atoms with Gasteiger partial charge in [0.25, 0.3) is 0 Å². The Bertz CT molecular complexity index is 735. The highest BCUT2D eigenvalue weighted by Gasteiger charge is 2.26. The summed E-state index contributed by atoms with van der Waals surface area (Å²) in [5.74, 6) is 1.01. The van der Waals surface area contributed by atoms with Gasteiger partial charge in [-0.25, -0.2) is 0 Å². The van der Waals surface area contributed by atoms with Crippen LogP contribution in [0.4, 0.5) is 0 Å². The summed E-state index contributed by atoms with van der Waals surface area (Å²) in [6.07, 6.45) is 8.97. The Balaban J connectivity index is 3.61. The first-order chi connectivity index (χ1) is 12.9. The molecule has 0 saturated carbocycles. The van der Waals surface area contributed by atoms with Crippen molar-refractivity contribution in [3.05, 3.63) is 58.7 Å². The molecule has 0 aromatic heterocycles. The van der Waals surface area contributed by atoms with E-state index in [0.29, 0.717) is 6.61 Å². The average Bonchev–Trinajstić information content (AvgIpc) is 2.57. The lowest BCUT2D eigenvalue weighted by Gasteiger charge is -2.29. The molecule has 28 heavy (non-hydrogen) atoms. The molecular formula is C26H40O2. The topological polar surface area (TPSA) is 29.5 Å². The van der Waals surface area contributed by atoms with E-state index in [1.807, 2.05) is 19.1 Å². The van der Waals surface area contributed by atoms with E-state index in [9.17, 15) is 0 Å². The van der Waals surface area contributed by atoms with Crippen LogP contribution < -0.4 is 4.74 Å². The number of allylic oxidation sites excluding steroid dienone is 5. The molecule has 1 aromatic carbocycles. The van der Waals surface area contributed by atoms with E-state index < -0.39 is 0 Å². The first kappa shape index (κ1) is 24.2. The number of aliphatic hydroxyl groups is 1. The summed E-state index contributed by atoms with van der Waals surface area (Å²) in [7, 11) is 0. The lowest BCUT2D eigenvalue weighted by molar-refractivity contribution is 0.307. The highest BCUT2D eigenvalue weighted by atomic mass is 16.5. The highest BCUT2D eigenvalue weighted by molar-refractivity contribution is 5.73. The first-order valence-corrected chi connectivity index (χ1v) is 10.4. The van der Waals surface area contributed by atoms with Gasteiger partial charge in [-0.05, 0) is 48.3 Å². The molecule has 0 aliphatic rings.